The molecular weight excluding hydrogens is 302 g/mol. The zero-order chi connectivity index (χ0) is 16.7. The fourth-order valence-corrected chi connectivity index (χ4v) is 3.35. The highest BCUT2D eigenvalue weighted by atomic mass is 16.5. The van der Waals surface area contributed by atoms with Crippen LogP contribution in [0.25, 0.3) is 5.65 Å². The van der Waals surface area contributed by atoms with Crippen LogP contribution in [-0.2, 0) is 13.0 Å². The summed E-state index contributed by atoms with van der Waals surface area (Å²) >= 11 is 0. The quantitative estimate of drug-likeness (QED) is 0.742. The topological polar surface area (TPSA) is 66.5 Å². The predicted octanol–water partition coefficient (Wildman–Crippen LogP) is 2.48. The first-order valence-electron chi connectivity index (χ1n) is 7.87. The average molecular weight is 319 g/mol. The molecule has 0 fully saturated rings. The molecule has 0 saturated carbocycles. The van der Waals surface area contributed by atoms with Crippen molar-refractivity contribution in [3.8, 4) is 11.8 Å². The smallest absolute Gasteiger partial charge is 0.165 e. The Balaban J connectivity index is 1.82. The van der Waals surface area contributed by atoms with Crippen molar-refractivity contribution in [3.05, 3.63) is 52.8 Å². The molecule has 1 aromatic carbocycles. The molecule has 0 bridgehead atoms. The number of hydrogen-bond donors (Lipinski definition) is 0. The van der Waals surface area contributed by atoms with Gasteiger partial charge in [0.15, 0.2) is 11.3 Å². The third-order valence-corrected chi connectivity index (χ3v) is 4.48. The number of anilines is 1. The van der Waals surface area contributed by atoms with Gasteiger partial charge >= 0.3 is 0 Å². The molecule has 0 amide bonds. The molecule has 4 rings (SSSR count). The second-order valence-electron chi connectivity index (χ2n) is 5.89. The Kier molecular flexibility index (Phi) is 3.35. The zero-order valence-corrected chi connectivity index (χ0v) is 13.7. The Labute approximate surface area is 139 Å². The number of aromatic nitrogens is 3. The molecule has 6 nitrogen and oxygen atoms in total. The molecule has 3 heterocycles. The van der Waals surface area contributed by atoms with Gasteiger partial charge in [0.2, 0.25) is 0 Å². The third-order valence-electron chi connectivity index (χ3n) is 4.48. The second kappa shape index (κ2) is 5.53. The van der Waals surface area contributed by atoms with Crippen molar-refractivity contribution >= 4 is 11.5 Å². The number of nitrogens with zero attached hydrogens (tertiary/aromatic N) is 5. The van der Waals surface area contributed by atoms with Crippen molar-refractivity contribution < 1.29 is 4.74 Å². The van der Waals surface area contributed by atoms with Gasteiger partial charge < -0.3 is 9.64 Å². The van der Waals surface area contributed by atoms with E-state index < -0.39 is 0 Å². The fraction of sp³-hybridized carbons (Fsp3) is 0.278. The number of aryl methyl sites for hydroxylation is 1. The van der Waals surface area contributed by atoms with Crippen LogP contribution in [0.3, 0.4) is 0 Å². The Morgan fingerprint density at radius 2 is 2.17 bits per heavy atom. The summed E-state index contributed by atoms with van der Waals surface area (Å²) < 4.78 is 7.27. The highest BCUT2D eigenvalue weighted by Crippen LogP contribution is 2.33. The number of hydrogen-bond acceptors (Lipinski definition) is 5. The molecule has 1 aliphatic heterocycles. The highest BCUT2D eigenvalue weighted by molar-refractivity contribution is 5.61. The first-order chi connectivity index (χ1) is 11.7. The Morgan fingerprint density at radius 3 is 2.96 bits per heavy atom. The molecule has 24 heavy (non-hydrogen) atoms. The van der Waals surface area contributed by atoms with Gasteiger partial charge in [-0.3, -0.25) is 0 Å². The molecule has 0 radical (unpaired) electrons. The second-order valence-corrected chi connectivity index (χ2v) is 5.89. The summed E-state index contributed by atoms with van der Waals surface area (Å²) in [6, 6.07) is 11.9. The van der Waals surface area contributed by atoms with Gasteiger partial charge in [0.1, 0.15) is 17.6 Å². The summed E-state index contributed by atoms with van der Waals surface area (Å²) in [6.45, 7) is 3.65. The van der Waals surface area contributed by atoms with Gasteiger partial charge in [-0.1, -0.05) is 18.2 Å². The molecule has 6 heteroatoms. The van der Waals surface area contributed by atoms with Gasteiger partial charge in [0, 0.05) is 36.0 Å². The van der Waals surface area contributed by atoms with Crippen molar-refractivity contribution in [3.63, 3.8) is 0 Å². The van der Waals surface area contributed by atoms with Crippen LogP contribution in [0.4, 0.5) is 5.82 Å². The maximum absolute atomic E-state index is 9.14. The fourth-order valence-electron chi connectivity index (χ4n) is 3.35. The van der Waals surface area contributed by atoms with Crippen LogP contribution in [0, 0.1) is 18.3 Å². The first-order valence-corrected chi connectivity index (χ1v) is 7.87. The van der Waals surface area contributed by atoms with E-state index in [4.69, 9.17) is 10.00 Å². The molecule has 0 aliphatic carbocycles. The minimum absolute atomic E-state index is 0.388. The molecule has 0 spiro atoms. The predicted molar refractivity (Wildman–Crippen MR) is 90.2 cm³/mol. The monoisotopic (exact) mass is 319 g/mol. The number of nitriles is 1. The van der Waals surface area contributed by atoms with Crippen molar-refractivity contribution in [1.29, 1.82) is 5.26 Å². The molecule has 3 aromatic rings. The zero-order valence-electron chi connectivity index (χ0n) is 13.7. The van der Waals surface area contributed by atoms with E-state index in [9.17, 15) is 0 Å². The average Bonchev–Trinajstić information content (AvgIpc) is 3.19. The van der Waals surface area contributed by atoms with Gasteiger partial charge in [-0.25, -0.2) is 4.98 Å². The van der Waals surface area contributed by atoms with Crippen molar-refractivity contribution in [2.75, 3.05) is 18.6 Å². The van der Waals surface area contributed by atoms with Crippen molar-refractivity contribution in [2.45, 2.75) is 19.9 Å². The summed E-state index contributed by atoms with van der Waals surface area (Å²) in [4.78, 5) is 6.87. The Morgan fingerprint density at radius 1 is 1.33 bits per heavy atom. The molecule has 0 saturated heterocycles. The minimum atomic E-state index is 0.388. The number of methoxy groups -OCH3 is 1. The van der Waals surface area contributed by atoms with Gasteiger partial charge in [0.25, 0.3) is 0 Å². The number of ether oxygens (including phenoxy) is 1. The van der Waals surface area contributed by atoms with E-state index in [1.807, 2.05) is 25.1 Å². The highest BCUT2D eigenvalue weighted by Gasteiger charge is 2.26. The Bertz CT molecular complexity index is 969. The van der Waals surface area contributed by atoms with E-state index in [0.717, 1.165) is 48.0 Å². The lowest BCUT2D eigenvalue weighted by Crippen LogP contribution is -2.22. The molecule has 0 atom stereocenters. The van der Waals surface area contributed by atoms with E-state index >= 15 is 0 Å². The molecule has 1 aliphatic rings. The van der Waals surface area contributed by atoms with Gasteiger partial charge in [0.05, 0.1) is 7.11 Å². The van der Waals surface area contributed by atoms with Crippen LogP contribution in [0.5, 0.6) is 5.75 Å². The van der Waals surface area contributed by atoms with Gasteiger partial charge in [-0.15, -0.1) is 0 Å². The number of rotatable bonds is 3. The van der Waals surface area contributed by atoms with E-state index in [2.05, 4.69) is 27.1 Å². The lowest BCUT2D eigenvalue weighted by molar-refractivity contribution is 0.409. The van der Waals surface area contributed by atoms with Crippen LogP contribution in [-0.4, -0.2) is 28.3 Å². The van der Waals surface area contributed by atoms with Crippen LogP contribution in [0.15, 0.2) is 30.3 Å². The summed E-state index contributed by atoms with van der Waals surface area (Å²) in [5.74, 6) is 1.91. The molecule has 0 unspecified atom stereocenters. The first kappa shape index (κ1) is 14.5. The van der Waals surface area contributed by atoms with Crippen LogP contribution in [0.2, 0.25) is 0 Å². The normalized spacial score (nSPS) is 13.1. The lowest BCUT2D eigenvalue weighted by Gasteiger charge is -2.21. The van der Waals surface area contributed by atoms with E-state index in [0.29, 0.717) is 5.69 Å². The van der Waals surface area contributed by atoms with Crippen molar-refractivity contribution in [1.82, 2.24) is 14.6 Å². The number of para-hydroxylation sites is 1. The largest absolute Gasteiger partial charge is 0.496 e. The molecule has 120 valence electrons. The van der Waals surface area contributed by atoms with Crippen LogP contribution in [0.1, 0.15) is 22.5 Å². The molecule has 2 aromatic heterocycles. The van der Waals surface area contributed by atoms with Gasteiger partial charge in [-0.2, -0.15) is 14.9 Å². The summed E-state index contributed by atoms with van der Waals surface area (Å²) in [5.41, 5.74) is 4.44. The standard InChI is InChI=1S/C18H17N5O/c1-12-15-7-8-22(11-13-5-3-4-6-16(13)24-2)18(15)23-17(20-12)9-14(10-19)21-23/h3-6,9H,7-8,11H2,1-2H3. The number of benzene rings is 1. The lowest BCUT2D eigenvalue weighted by atomic mass is 10.2. The summed E-state index contributed by atoms with van der Waals surface area (Å²) in [5, 5.41) is 13.5. The number of fused-ring (bicyclic) bond motifs is 3. The van der Waals surface area contributed by atoms with Crippen LogP contribution >= 0.6 is 0 Å². The SMILES string of the molecule is COc1ccccc1CN1CCc2c(C)nc3cc(C#N)nn3c21. The van der Waals surface area contributed by atoms with Crippen LogP contribution < -0.4 is 9.64 Å². The van der Waals surface area contributed by atoms with Crippen molar-refractivity contribution in [2.24, 2.45) is 0 Å². The third kappa shape index (κ3) is 2.17. The van der Waals surface area contributed by atoms with E-state index in [-0.39, 0.29) is 0 Å². The summed E-state index contributed by atoms with van der Waals surface area (Å²) in [6.07, 6.45) is 0.932. The molecule has 0 N–H and O–H groups in total. The maximum Gasteiger partial charge on any atom is 0.165 e. The summed E-state index contributed by atoms with van der Waals surface area (Å²) in [7, 11) is 1.69. The minimum Gasteiger partial charge on any atom is -0.496 e. The molecular formula is C18H17N5O. The Hall–Kier alpha value is -3.07. The maximum atomic E-state index is 9.14. The van der Waals surface area contributed by atoms with E-state index in [1.165, 1.54) is 5.56 Å². The van der Waals surface area contributed by atoms with Gasteiger partial charge in [-0.05, 0) is 19.4 Å². The van der Waals surface area contributed by atoms with E-state index in [1.54, 1.807) is 17.7 Å².